The third-order valence-electron chi connectivity index (χ3n) is 6.69. The van der Waals surface area contributed by atoms with Crippen molar-refractivity contribution < 1.29 is 18.7 Å². The van der Waals surface area contributed by atoms with Gasteiger partial charge in [-0.15, -0.1) is 0 Å². The first-order valence-corrected chi connectivity index (χ1v) is 12.3. The van der Waals surface area contributed by atoms with Crippen molar-refractivity contribution in [3.8, 4) is 11.1 Å². The van der Waals surface area contributed by atoms with E-state index in [0.29, 0.717) is 49.0 Å². The molecule has 2 aliphatic heterocycles. The molecule has 2 aromatic rings. The SMILES string of the molecule is CC1=CN(Cc2ccccc2-c2ccc(F)cc2F)C(C(=O)N2CCC(NCCO)CC2)=CCC1. The Bertz CT molecular complexity index is 1110. The van der Waals surface area contributed by atoms with Crippen molar-refractivity contribution in [2.24, 2.45) is 0 Å². The van der Waals surface area contributed by atoms with Gasteiger partial charge in [-0.2, -0.15) is 0 Å². The van der Waals surface area contributed by atoms with Gasteiger partial charge in [0, 0.05) is 50.1 Å². The molecule has 0 aromatic heterocycles. The predicted octanol–water partition coefficient (Wildman–Crippen LogP) is 4.59. The number of carbonyl (C=O) groups is 1. The Kier molecular flexibility index (Phi) is 8.31. The highest BCUT2D eigenvalue weighted by Gasteiger charge is 2.28. The molecule has 1 saturated heterocycles. The first-order chi connectivity index (χ1) is 17.0. The van der Waals surface area contributed by atoms with Gasteiger partial charge in [0.05, 0.1) is 6.61 Å². The van der Waals surface area contributed by atoms with Crippen molar-refractivity contribution in [2.75, 3.05) is 26.2 Å². The molecule has 1 fully saturated rings. The summed E-state index contributed by atoms with van der Waals surface area (Å²) >= 11 is 0. The number of likely N-dealkylation sites (tertiary alicyclic amines) is 1. The number of rotatable bonds is 7. The third-order valence-corrected chi connectivity index (χ3v) is 6.69. The number of aliphatic hydroxyl groups is 1. The molecule has 1 amide bonds. The van der Waals surface area contributed by atoms with E-state index in [1.807, 2.05) is 46.3 Å². The van der Waals surface area contributed by atoms with E-state index in [1.54, 1.807) is 0 Å². The van der Waals surface area contributed by atoms with Crippen LogP contribution in [0.2, 0.25) is 0 Å². The van der Waals surface area contributed by atoms with Crippen molar-refractivity contribution in [3.63, 3.8) is 0 Å². The number of halogens is 2. The molecule has 186 valence electrons. The largest absolute Gasteiger partial charge is 0.395 e. The molecule has 0 aliphatic carbocycles. The van der Waals surface area contributed by atoms with Crippen LogP contribution in [0.3, 0.4) is 0 Å². The number of hydrogen-bond donors (Lipinski definition) is 2. The minimum Gasteiger partial charge on any atom is -0.395 e. The maximum atomic E-state index is 14.6. The van der Waals surface area contributed by atoms with Gasteiger partial charge < -0.3 is 20.2 Å². The number of nitrogens with one attached hydrogen (secondary N) is 1. The highest BCUT2D eigenvalue weighted by molar-refractivity contribution is 5.93. The molecule has 0 atom stereocenters. The summed E-state index contributed by atoms with van der Waals surface area (Å²) in [7, 11) is 0. The first-order valence-electron chi connectivity index (χ1n) is 12.3. The standard InChI is InChI=1S/C28H33F2N3O2/c1-20-5-4-8-27(28(35)32-14-11-23(12-15-32)31-13-16-34)33(18-20)19-21-6-2-3-7-24(21)25-10-9-22(29)17-26(25)30/h2-3,6-10,17-18,23,31,34H,4-5,11-16,19H2,1H3. The van der Waals surface area contributed by atoms with Crippen LogP contribution in [-0.4, -0.2) is 53.1 Å². The fourth-order valence-corrected chi connectivity index (χ4v) is 4.82. The number of amides is 1. The second-order valence-electron chi connectivity index (χ2n) is 9.26. The number of nitrogens with zero attached hydrogens (tertiary/aromatic N) is 2. The van der Waals surface area contributed by atoms with E-state index in [9.17, 15) is 13.6 Å². The van der Waals surface area contributed by atoms with Crippen LogP contribution in [0, 0.1) is 11.6 Å². The van der Waals surface area contributed by atoms with Crippen LogP contribution in [0.4, 0.5) is 8.78 Å². The Morgan fingerprint density at radius 2 is 1.89 bits per heavy atom. The topological polar surface area (TPSA) is 55.8 Å². The first kappa shape index (κ1) is 25.1. The average molecular weight is 482 g/mol. The van der Waals surface area contributed by atoms with Crippen LogP contribution in [-0.2, 0) is 11.3 Å². The Hall–Kier alpha value is -3.03. The lowest BCUT2D eigenvalue weighted by molar-refractivity contribution is -0.129. The van der Waals surface area contributed by atoms with E-state index in [-0.39, 0.29) is 12.5 Å². The van der Waals surface area contributed by atoms with Gasteiger partial charge in [0.15, 0.2) is 0 Å². The molecule has 2 N–H and O–H groups in total. The minimum atomic E-state index is -0.610. The molecule has 0 bridgehead atoms. The normalized spacial score (nSPS) is 17.1. The molecular formula is C28H33F2N3O2. The number of carbonyl (C=O) groups excluding carboxylic acids is 1. The lowest BCUT2D eigenvalue weighted by atomic mass is 9.98. The van der Waals surface area contributed by atoms with Crippen molar-refractivity contribution in [3.05, 3.63) is 83.2 Å². The molecule has 4 rings (SSSR count). The van der Waals surface area contributed by atoms with Gasteiger partial charge in [-0.1, -0.05) is 35.9 Å². The molecule has 2 aromatic carbocycles. The molecule has 0 spiro atoms. The molecular weight excluding hydrogens is 448 g/mol. The van der Waals surface area contributed by atoms with E-state index < -0.39 is 11.6 Å². The zero-order valence-electron chi connectivity index (χ0n) is 20.1. The van der Waals surface area contributed by atoms with Gasteiger partial charge in [0.1, 0.15) is 17.3 Å². The predicted molar refractivity (Wildman–Crippen MR) is 133 cm³/mol. The summed E-state index contributed by atoms with van der Waals surface area (Å²) in [5.74, 6) is -1.22. The summed E-state index contributed by atoms with van der Waals surface area (Å²) in [5.41, 5.74) is 3.68. The Labute approximate surface area is 205 Å². The van der Waals surface area contributed by atoms with Gasteiger partial charge in [0.25, 0.3) is 5.91 Å². The van der Waals surface area contributed by atoms with Crippen LogP contribution < -0.4 is 5.32 Å². The van der Waals surface area contributed by atoms with Crippen molar-refractivity contribution in [1.29, 1.82) is 0 Å². The third kappa shape index (κ3) is 6.16. The summed E-state index contributed by atoms with van der Waals surface area (Å²) in [6.07, 6.45) is 7.37. The lowest BCUT2D eigenvalue weighted by Crippen LogP contribution is -2.47. The van der Waals surface area contributed by atoms with Crippen molar-refractivity contribution in [2.45, 2.75) is 45.2 Å². The van der Waals surface area contributed by atoms with Crippen LogP contribution in [0.25, 0.3) is 11.1 Å². The molecule has 35 heavy (non-hydrogen) atoms. The average Bonchev–Trinajstić information content (AvgIpc) is 3.04. The summed E-state index contributed by atoms with van der Waals surface area (Å²) < 4.78 is 28.1. The van der Waals surface area contributed by atoms with E-state index in [2.05, 4.69) is 12.2 Å². The van der Waals surface area contributed by atoms with Crippen LogP contribution in [0.15, 0.2) is 66.0 Å². The van der Waals surface area contributed by atoms with Gasteiger partial charge >= 0.3 is 0 Å². The van der Waals surface area contributed by atoms with Crippen LogP contribution >= 0.6 is 0 Å². The Morgan fingerprint density at radius 3 is 2.63 bits per heavy atom. The number of aliphatic hydroxyl groups excluding tert-OH is 1. The molecule has 2 aliphatic rings. The minimum absolute atomic E-state index is 0.00185. The fraction of sp³-hybridized carbons (Fsp3) is 0.393. The number of piperidine rings is 1. The summed E-state index contributed by atoms with van der Waals surface area (Å²) in [6.45, 7) is 4.44. The molecule has 7 heteroatoms. The lowest BCUT2D eigenvalue weighted by Gasteiger charge is -2.35. The molecule has 0 unspecified atom stereocenters. The van der Waals surface area contributed by atoms with E-state index >= 15 is 0 Å². The molecule has 0 saturated carbocycles. The van der Waals surface area contributed by atoms with Gasteiger partial charge in [-0.25, -0.2) is 8.78 Å². The molecule has 2 heterocycles. The van der Waals surface area contributed by atoms with Crippen molar-refractivity contribution >= 4 is 5.91 Å². The van der Waals surface area contributed by atoms with Gasteiger partial charge in [-0.3, -0.25) is 4.79 Å². The quantitative estimate of drug-likeness (QED) is 0.608. The number of allylic oxidation sites excluding steroid dienone is 2. The summed E-state index contributed by atoms with van der Waals surface area (Å²) in [6, 6.07) is 11.4. The Morgan fingerprint density at radius 1 is 1.11 bits per heavy atom. The van der Waals surface area contributed by atoms with E-state index in [0.717, 1.165) is 37.3 Å². The van der Waals surface area contributed by atoms with E-state index in [1.165, 1.54) is 17.7 Å². The Balaban J connectivity index is 1.57. The zero-order chi connectivity index (χ0) is 24.8. The van der Waals surface area contributed by atoms with Gasteiger partial charge in [-0.05, 0) is 55.9 Å². The highest BCUT2D eigenvalue weighted by atomic mass is 19.1. The number of benzene rings is 2. The monoisotopic (exact) mass is 481 g/mol. The van der Waals surface area contributed by atoms with Crippen LogP contribution in [0.1, 0.15) is 38.2 Å². The van der Waals surface area contributed by atoms with Crippen molar-refractivity contribution in [1.82, 2.24) is 15.1 Å². The zero-order valence-corrected chi connectivity index (χ0v) is 20.1. The maximum Gasteiger partial charge on any atom is 0.270 e. The smallest absolute Gasteiger partial charge is 0.270 e. The van der Waals surface area contributed by atoms with Gasteiger partial charge in [0.2, 0.25) is 0 Å². The maximum absolute atomic E-state index is 14.6. The summed E-state index contributed by atoms with van der Waals surface area (Å²) in [4.78, 5) is 17.5. The van der Waals surface area contributed by atoms with E-state index in [4.69, 9.17) is 5.11 Å². The second-order valence-corrected chi connectivity index (χ2v) is 9.26. The fourth-order valence-electron chi connectivity index (χ4n) is 4.82. The highest BCUT2D eigenvalue weighted by Crippen LogP contribution is 2.30. The summed E-state index contributed by atoms with van der Waals surface area (Å²) in [5, 5.41) is 12.4. The second kappa shape index (κ2) is 11.6. The molecule has 5 nitrogen and oxygen atoms in total. The molecule has 0 radical (unpaired) electrons. The number of hydrogen-bond acceptors (Lipinski definition) is 4. The van der Waals surface area contributed by atoms with Crippen LogP contribution in [0.5, 0.6) is 0 Å².